The van der Waals surface area contributed by atoms with Crippen LogP contribution >= 0.6 is 0 Å². The van der Waals surface area contributed by atoms with E-state index < -0.39 is 6.10 Å². The van der Waals surface area contributed by atoms with Crippen molar-refractivity contribution in [2.24, 2.45) is 0 Å². The van der Waals surface area contributed by atoms with E-state index in [1.54, 1.807) is 0 Å². The molecule has 0 aliphatic carbocycles. The molecule has 1 aromatic heterocycles. The Labute approximate surface area is 114 Å². The summed E-state index contributed by atoms with van der Waals surface area (Å²) in [5, 5.41) is 14.9. The topological polar surface area (TPSA) is 38.0 Å². The first kappa shape index (κ1) is 13.8. The molecule has 2 rings (SSSR count). The minimum absolute atomic E-state index is 0.504. The first-order chi connectivity index (χ1) is 8.90. The summed E-state index contributed by atoms with van der Waals surface area (Å²) < 4.78 is 1.90. The second kappa shape index (κ2) is 5.17. The molecule has 1 aromatic carbocycles. The molecule has 1 atom stereocenters. The van der Waals surface area contributed by atoms with Gasteiger partial charge in [-0.15, -0.1) is 0 Å². The van der Waals surface area contributed by atoms with Gasteiger partial charge in [-0.1, -0.05) is 23.8 Å². The summed E-state index contributed by atoms with van der Waals surface area (Å²) in [7, 11) is 0. The van der Waals surface area contributed by atoms with Crippen molar-refractivity contribution in [1.29, 1.82) is 0 Å². The van der Waals surface area contributed by atoms with E-state index >= 15 is 0 Å². The van der Waals surface area contributed by atoms with Crippen molar-refractivity contribution in [3.05, 3.63) is 51.8 Å². The van der Waals surface area contributed by atoms with Crippen LogP contribution in [0.2, 0.25) is 0 Å². The zero-order valence-corrected chi connectivity index (χ0v) is 12.4. The number of aliphatic hydroxyl groups is 1. The van der Waals surface area contributed by atoms with Gasteiger partial charge >= 0.3 is 0 Å². The van der Waals surface area contributed by atoms with Crippen molar-refractivity contribution in [2.75, 3.05) is 0 Å². The molecule has 19 heavy (non-hydrogen) atoms. The van der Waals surface area contributed by atoms with Crippen molar-refractivity contribution in [1.82, 2.24) is 9.78 Å². The highest BCUT2D eigenvalue weighted by atomic mass is 16.3. The number of benzene rings is 1. The smallest absolute Gasteiger partial charge is 0.0988 e. The van der Waals surface area contributed by atoms with E-state index in [-0.39, 0.29) is 0 Å². The first-order valence-electron chi connectivity index (χ1n) is 6.66. The summed E-state index contributed by atoms with van der Waals surface area (Å²) >= 11 is 0. The Hall–Kier alpha value is -1.61. The van der Waals surface area contributed by atoms with E-state index in [4.69, 9.17) is 0 Å². The lowest BCUT2D eigenvalue weighted by Gasteiger charge is -2.15. The Morgan fingerprint density at radius 1 is 1.16 bits per heavy atom. The maximum atomic E-state index is 10.4. The fourth-order valence-corrected chi connectivity index (χ4v) is 2.43. The monoisotopic (exact) mass is 258 g/mol. The molecule has 0 aliphatic heterocycles. The third-order valence-corrected chi connectivity index (χ3v) is 3.87. The zero-order chi connectivity index (χ0) is 14.2. The summed E-state index contributed by atoms with van der Waals surface area (Å²) in [4.78, 5) is 0. The molecule has 0 spiro atoms. The molecular weight excluding hydrogens is 236 g/mol. The van der Waals surface area contributed by atoms with E-state index in [0.29, 0.717) is 6.54 Å². The van der Waals surface area contributed by atoms with Crippen LogP contribution in [0.4, 0.5) is 0 Å². The molecule has 0 radical (unpaired) electrons. The Morgan fingerprint density at radius 3 is 2.37 bits per heavy atom. The Morgan fingerprint density at radius 2 is 1.84 bits per heavy atom. The molecule has 0 amide bonds. The standard InChI is InChI=1S/C16H22N2O/c1-10-6-7-15(11(2)8-10)16(19)9-18-14(5)12(3)13(4)17-18/h6-8,16,19H,9H2,1-5H3. The highest BCUT2D eigenvalue weighted by Crippen LogP contribution is 2.22. The van der Waals surface area contributed by atoms with Gasteiger partial charge in [0, 0.05) is 5.69 Å². The molecular formula is C16H22N2O. The third kappa shape index (κ3) is 2.71. The molecule has 0 saturated heterocycles. The Balaban J connectivity index is 2.25. The lowest BCUT2D eigenvalue weighted by atomic mass is 10.0. The first-order valence-corrected chi connectivity index (χ1v) is 6.66. The van der Waals surface area contributed by atoms with Crippen LogP contribution in [0.15, 0.2) is 18.2 Å². The second-order valence-corrected chi connectivity index (χ2v) is 5.35. The van der Waals surface area contributed by atoms with Gasteiger partial charge in [0.05, 0.1) is 18.3 Å². The number of hydrogen-bond donors (Lipinski definition) is 1. The Kier molecular flexibility index (Phi) is 3.76. The van der Waals surface area contributed by atoms with Gasteiger partial charge in [-0.25, -0.2) is 0 Å². The average Bonchev–Trinajstić information content (AvgIpc) is 2.57. The highest BCUT2D eigenvalue weighted by molar-refractivity contribution is 5.32. The molecule has 0 fully saturated rings. The van der Waals surface area contributed by atoms with Crippen LogP contribution in [0, 0.1) is 34.6 Å². The molecule has 102 valence electrons. The summed E-state index contributed by atoms with van der Waals surface area (Å²) in [6.07, 6.45) is -0.516. The van der Waals surface area contributed by atoms with E-state index in [9.17, 15) is 5.11 Å². The number of aryl methyl sites for hydroxylation is 3. The number of rotatable bonds is 3. The van der Waals surface area contributed by atoms with E-state index in [1.165, 1.54) is 11.1 Å². The highest BCUT2D eigenvalue weighted by Gasteiger charge is 2.14. The normalized spacial score (nSPS) is 12.7. The molecule has 3 heteroatoms. The van der Waals surface area contributed by atoms with Gasteiger partial charge < -0.3 is 5.11 Å². The molecule has 3 nitrogen and oxygen atoms in total. The minimum atomic E-state index is -0.516. The van der Waals surface area contributed by atoms with Gasteiger partial charge in [0.25, 0.3) is 0 Å². The van der Waals surface area contributed by atoms with Crippen LogP contribution in [0.25, 0.3) is 0 Å². The maximum absolute atomic E-state index is 10.4. The number of hydrogen-bond acceptors (Lipinski definition) is 2. The van der Waals surface area contributed by atoms with Crippen LogP contribution in [-0.2, 0) is 6.54 Å². The summed E-state index contributed by atoms with van der Waals surface area (Å²) in [6.45, 7) is 10.7. The number of aromatic nitrogens is 2. The van der Waals surface area contributed by atoms with Crippen molar-refractivity contribution in [3.63, 3.8) is 0 Å². The minimum Gasteiger partial charge on any atom is -0.386 e. The lowest BCUT2D eigenvalue weighted by molar-refractivity contribution is 0.150. The van der Waals surface area contributed by atoms with Crippen molar-refractivity contribution in [3.8, 4) is 0 Å². The quantitative estimate of drug-likeness (QED) is 0.918. The number of aliphatic hydroxyl groups excluding tert-OH is 1. The van der Waals surface area contributed by atoms with Crippen LogP contribution < -0.4 is 0 Å². The van der Waals surface area contributed by atoms with Crippen molar-refractivity contribution < 1.29 is 5.11 Å². The van der Waals surface area contributed by atoms with Crippen LogP contribution in [0.5, 0.6) is 0 Å². The van der Waals surface area contributed by atoms with Gasteiger partial charge in [-0.2, -0.15) is 5.10 Å². The average molecular weight is 258 g/mol. The SMILES string of the molecule is Cc1ccc(C(O)Cn2nc(C)c(C)c2C)c(C)c1. The van der Waals surface area contributed by atoms with Crippen LogP contribution in [0.3, 0.4) is 0 Å². The predicted molar refractivity (Wildman–Crippen MR) is 77.3 cm³/mol. The summed E-state index contributed by atoms with van der Waals surface area (Å²) in [5.74, 6) is 0. The second-order valence-electron chi connectivity index (χ2n) is 5.35. The van der Waals surface area contributed by atoms with Crippen LogP contribution in [0.1, 0.15) is 39.7 Å². The summed E-state index contributed by atoms with van der Waals surface area (Å²) in [6, 6.07) is 6.15. The van der Waals surface area contributed by atoms with Gasteiger partial charge in [0.2, 0.25) is 0 Å². The van der Waals surface area contributed by atoms with Gasteiger partial charge in [-0.05, 0) is 51.3 Å². The van der Waals surface area contributed by atoms with Gasteiger partial charge in [-0.3, -0.25) is 4.68 Å². The lowest BCUT2D eigenvalue weighted by Crippen LogP contribution is -2.12. The zero-order valence-electron chi connectivity index (χ0n) is 12.4. The summed E-state index contributed by atoms with van der Waals surface area (Å²) in [5.41, 5.74) is 6.69. The van der Waals surface area contributed by atoms with E-state index in [2.05, 4.69) is 25.0 Å². The van der Waals surface area contributed by atoms with Crippen molar-refractivity contribution >= 4 is 0 Å². The Bertz CT molecular complexity index is 599. The van der Waals surface area contributed by atoms with Crippen LogP contribution in [-0.4, -0.2) is 14.9 Å². The maximum Gasteiger partial charge on any atom is 0.0988 e. The predicted octanol–water partition coefficient (Wildman–Crippen LogP) is 3.16. The fourth-order valence-electron chi connectivity index (χ4n) is 2.43. The number of nitrogens with zero attached hydrogens (tertiary/aromatic N) is 2. The molecule has 0 bridgehead atoms. The largest absolute Gasteiger partial charge is 0.386 e. The van der Waals surface area contributed by atoms with E-state index in [1.807, 2.05) is 37.6 Å². The van der Waals surface area contributed by atoms with Crippen molar-refractivity contribution in [2.45, 2.75) is 47.3 Å². The van der Waals surface area contributed by atoms with Gasteiger partial charge in [0.1, 0.15) is 0 Å². The molecule has 1 heterocycles. The van der Waals surface area contributed by atoms with E-state index in [0.717, 1.165) is 22.5 Å². The molecule has 1 unspecified atom stereocenters. The molecule has 1 N–H and O–H groups in total. The molecule has 0 aliphatic rings. The fraction of sp³-hybridized carbons (Fsp3) is 0.438. The molecule has 0 saturated carbocycles. The molecule has 2 aromatic rings. The third-order valence-electron chi connectivity index (χ3n) is 3.87. The van der Waals surface area contributed by atoms with Gasteiger partial charge in [0.15, 0.2) is 0 Å².